The molecule has 2 heteroatoms. The van der Waals surface area contributed by atoms with Gasteiger partial charge in [0.25, 0.3) is 0 Å². The van der Waals surface area contributed by atoms with Gasteiger partial charge in [-0.3, -0.25) is 4.79 Å². The highest BCUT2D eigenvalue weighted by molar-refractivity contribution is 5.51. The van der Waals surface area contributed by atoms with Crippen molar-refractivity contribution in [3.63, 3.8) is 0 Å². The fraction of sp³-hybridized carbons (Fsp3) is 0.462. The Morgan fingerprint density at radius 1 is 1.27 bits per heavy atom. The molecule has 1 aliphatic rings. The summed E-state index contributed by atoms with van der Waals surface area (Å²) in [5.41, 5.74) is 1.37. The Hall–Kier alpha value is -1.31. The van der Waals surface area contributed by atoms with E-state index in [4.69, 9.17) is 4.74 Å². The summed E-state index contributed by atoms with van der Waals surface area (Å²) in [5.74, 6) is 1.67. The van der Waals surface area contributed by atoms with Gasteiger partial charge < -0.3 is 4.74 Å². The van der Waals surface area contributed by atoms with Crippen molar-refractivity contribution in [2.75, 3.05) is 6.61 Å². The third kappa shape index (κ3) is 2.82. The van der Waals surface area contributed by atoms with Crippen LogP contribution in [0.1, 0.15) is 24.8 Å². The first-order chi connectivity index (χ1) is 7.38. The van der Waals surface area contributed by atoms with Crippen LogP contribution in [0.5, 0.6) is 5.75 Å². The largest absolute Gasteiger partial charge is 0.486 e. The fourth-order valence-corrected chi connectivity index (χ4v) is 1.88. The Labute approximate surface area is 90.3 Å². The zero-order valence-corrected chi connectivity index (χ0v) is 8.82. The van der Waals surface area contributed by atoms with Crippen molar-refractivity contribution in [2.24, 2.45) is 5.92 Å². The van der Waals surface area contributed by atoms with Crippen LogP contribution in [0, 0.1) is 5.92 Å². The molecule has 1 saturated carbocycles. The van der Waals surface area contributed by atoms with Crippen LogP contribution in [0.2, 0.25) is 0 Å². The molecule has 0 bridgehead atoms. The standard InChI is InChI=1S/C13H16O2/c14-8-9-15-13-6-4-12(5-7-13)10-11-2-1-3-11/h4-8,11H,1-3,9-10H2. The number of ether oxygens (including phenoxy) is 1. The number of rotatable bonds is 5. The van der Waals surface area contributed by atoms with Gasteiger partial charge in [0.1, 0.15) is 12.4 Å². The SMILES string of the molecule is O=CCOc1ccc(CC2CCC2)cc1. The molecule has 80 valence electrons. The van der Waals surface area contributed by atoms with Gasteiger partial charge in [-0.2, -0.15) is 0 Å². The van der Waals surface area contributed by atoms with Gasteiger partial charge >= 0.3 is 0 Å². The zero-order valence-electron chi connectivity index (χ0n) is 8.82. The van der Waals surface area contributed by atoms with E-state index in [9.17, 15) is 4.79 Å². The molecule has 0 aromatic heterocycles. The Morgan fingerprint density at radius 2 is 2.00 bits per heavy atom. The van der Waals surface area contributed by atoms with Crippen molar-refractivity contribution in [3.05, 3.63) is 29.8 Å². The fourth-order valence-electron chi connectivity index (χ4n) is 1.88. The summed E-state index contributed by atoms with van der Waals surface area (Å²) >= 11 is 0. The molecular weight excluding hydrogens is 188 g/mol. The first-order valence-electron chi connectivity index (χ1n) is 5.54. The number of hydrogen-bond acceptors (Lipinski definition) is 2. The number of carbonyl (C=O) groups is 1. The Balaban J connectivity index is 1.87. The van der Waals surface area contributed by atoms with Gasteiger partial charge in [0.2, 0.25) is 0 Å². The minimum atomic E-state index is 0.141. The highest BCUT2D eigenvalue weighted by Crippen LogP contribution is 2.30. The van der Waals surface area contributed by atoms with Crippen LogP contribution in [0.3, 0.4) is 0 Å². The summed E-state index contributed by atoms with van der Waals surface area (Å²) in [6, 6.07) is 8.08. The van der Waals surface area contributed by atoms with Gasteiger partial charge in [-0.1, -0.05) is 31.4 Å². The summed E-state index contributed by atoms with van der Waals surface area (Å²) in [6.07, 6.45) is 6.11. The average Bonchev–Trinajstić information content (AvgIpc) is 2.22. The second-order valence-electron chi connectivity index (χ2n) is 4.12. The monoisotopic (exact) mass is 204 g/mol. The van der Waals surface area contributed by atoms with E-state index in [1.54, 1.807) is 0 Å². The number of benzene rings is 1. The highest BCUT2D eigenvalue weighted by atomic mass is 16.5. The van der Waals surface area contributed by atoms with E-state index < -0.39 is 0 Å². The molecule has 0 unspecified atom stereocenters. The van der Waals surface area contributed by atoms with Crippen molar-refractivity contribution in [1.29, 1.82) is 0 Å². The smallest absolute Gasteiger partial charge is 0.157 e. The Morgan fingerprint density at radius 3 is 2.53 bits per heavy atom. The number of aldehydes is 1. The van der Waals surface area contributed by atoms with Crippen LogP contribution >= 0.6 is 0 Å². The van der Waals surface area contributed by atoms with Crippen molar-refractivity contribution < 1.29 is 9.53 Å². The summed E-state index contributed by atoms with van der Waals surface area (Å²) in [7, 11) is 0. The van der Waals surface area contributed by atoms with Crippen LogP contribution in [0.25, 0.3) is 0 Å². The maximum absolute atomic E-state index is 10.1. The molecule has 1 aliphatic carbocycles. The maximum atomic E-state index is 10.1. The van der Waals surface area contributed by atoms with Gasteiger partial charge in [-0.05, 0) is 30.0 Å². The average molecular weight is 204 g/mol. The van der Waals surface area contributed by atoms with Crippen LogP contribution in [0.4, 0.5) is 0 Å². The lowest BCUT2D eigenvalue weighted by Gasteiger charge is -2.25. The minimum Gasteiger partial charge on any atom is -0.486 e. The molecule has 0 spiro atoms. The lowest BCUT2D eigenvalue weighted by molar-refractivity contribution is -0.109. The quantitative estimate of drug-likeness (QED) is 0.689. The minimum absolute atomic E-state index is 0.141. The molecule has 1 fully saturated rings. The van der Waals surface area contributed by atoms with E-state index in [0.29, 0.717) is 0 Å². The van der Waals surface area contributed by atoms with Gasteiger partial charge in [-0.15, -0.1) is 0 Å². The molecule has 0 saturated heterocycles. The summed E-state index contributed by atoms with van der Waals surface area (Å²) < 4.78 is 5.19. The molecule has 0 atom stereocenters. The molecule has 0 aliphatic heterocycles. The van der Waals surface area contributed by atoms with Crippen molar-refractivity contribution in [1.82, 2.24) is 0 Å². The van der Waals surface area contributed by atoms with Crippen molar-refractivity contribution >= 4 is 6.29 Å². The van der Waals surface area contributed by atoms with Gasteiger partial charge in [0.15, 0.2) is 6.29 Å². The second-order valence-corrected chi connectivity index (χ2v) is 4.12. The van der Waals surface area contributed by atoms with Crippen LogP contribution in [-0.4, -0.2) is 12.9 Å². The molecule has 1 aromatic carbocycles. The molecule has 0 N–H and O–H groups in total. The van der Waals surface area contributed by atoms with E-state index in [-0.39, 0.29) is 6.61 Å². The predicted octanol–water partition coefficient (Wildman–Crippen LogP) is 2.61. The first-order valence-corrected chi connectivity index (χ1v) is 5.54. The van der Waals surface area contributed by atoms with E-state index in [1.165, 1.54) is 31.2 Å². The number of hydrogen-bond donors (Lipinski definition) is 0. The third-order valence-electron chi connectivity index (χ3n) is 2.99. The maximum Gasteiger partial charge on any atom is 0.157 e. The third-order valence-corrected chi connectivity index (χ3v) is 2.99. The Bertz CT molecular complexity index is 312. The molecule has 0 heterocycles. The van der Waals surface area contributed by atoms with Crippen molar-refractivity contribution in [3.8, 4) is 5.75 Å². The van der Waals surface area contributed by atoms with Gasteiger partial charge in [0, 0.05) is 0 Å². The van der Waals surface area contributed by atoms with Crippen LogP contribution < -0.4 is 4.74 Å². The van der Waals surface area contributed by atoms with Gasteiger partial charge in [0.05, 0.1) is 0 Å². The molecule has 0 amide bonds. The molecule has 0 radical (unpaired) electrons. The normalized spacial score (nSPS) is 15.7. The summed E-state index contributed by atoms with van der Waals surface area (Å²) in [6.45, 7) is 0.141. The Kier molecular flexibility index (Phi) is 3.38. The summed E-state index contributed by atoms with van der Waals surface area (Å²) in [4.78, 5) is 10.1. The molecule has 15 heavy (non-hydrogen) atoms. The second kappa shape index (κ2) is 4.96. The molecule has 2 nitrogen and oxygen atoms in total. The number of carbonyl (C=O) groups excluding carboxylic acids is 1. The lowest BCUT2D eigenvalue weighted by Crippen LogP contribution is -2.13. The predicted molar refractivity (Wildman–Crippen MR) is 59.0 cm³/mol. The molecular formula is C13H16O2. The highest BCUT2D eigenvalue weighted by Gasteiger charge is 2.17. The first kappa shape index (κ1) is 10.2. The zero-order chi connectivity index (χ0) is 10.5. The summed E-state index contributed by atoms with van der Waals surface area (Å²) in [5, 5.41) is 0. The van der Waals surface area contributed by atoms with E-state index in [2.05, 4.69) is 12.1 Å². The lowest BCUT2D eigenvalue weighted by atomic mass is 9.81. The van der Waals surface area contributed by atoms with E-state index in [1.807, 2.05) is 12.1 Å². The van der Waals surface area contributed by atoms with Gasteiger partial charge in [-0.25, -0.2) is 0 Å². The topological polar surface area (TPSA) is 26.3 Å². The van der Waals surface area contributed by atoms with Crippen LogP contribution in [0.15, 0.2) is 24.3 Å². The molecule has 1 aromatic rings. The van der Waals surface area contributed by atoms with Crippen LogP contribution in [-0.2, 0) is 11.2 Å². The van der Waals surface area contributed by atoms with E-state index >= 15 is 0 Å². The van der Waals surface area contributed by atoms with Crippen molar-refractivity contribution in [2.45, 2.75) is 25.7 Å². The molecule has 2 rings (SSSR count). The van der Waals surface area contributed by atoms with E-state index in [0.717, 1.165) is 18.0 Å².